The highest BCUT2D eigenvalue weighted by atomic mass is 79.9. The van der Waals surface area contributed by atoms with Crippen molar-refractivity contribution in [3.8, 4) is 17.2 Å². The molecule has 0 aliphatic heterocycles. The molecule has 8 heteroatoms. The van der Waals surface area contributed by atoms with Gasteiger partial charge in [0.15, 0.2) is 18.1 Å². The summed E-state index contributed by atoms with van der Waals surface area (Å²) >= 11 is 3.35. The molecule has 0 aliphatic rings. The Hall–Kier alpha value is -3.65. The number of carbonyl (C=O) groups is 2. The lowest BCUT2D eigenvalue weighted by molar-refractivity contribution is -0.123. The van der Waals surface area contributed by atoms with Gasteiger partial charge in [-0.15, -0.1) is 0 Å². The van der Waals surface area contributed by atoms with Crippen LogP contribution in [0, 0.1) is 5.41 Å². The van der Waals surface area contributed by atoms with Gasteiger partial charge in [-0.3, -0.25) is 4.79 Å². The number of nitrogens with zero attached hydrogens (tertiary/aromatic N) is 1. The Morgan fingerprint density at radius 2 is 1.57 bits per heavy atom. The molecule has 40 heavy (non-hydrogen) atoms. The third-order valence-electron chi connectivity index (χ3n) is 5.93. The molecule has 212 valence electrons. The van der Waals surface area contributed by atoms with Crippen LogP contribution in [0.1, 0.15) is 69.4 Å². The van der Waals surface area contributed by atoms with Crippen LogP contribution in [-0.4, -0.2) is 31.3 Å². The standard InChI is InChI=1S/C32H37BrN2O5/c1-7-38-28-18-22(8-17-27(28)40-30(37)23-9-13-25(33)14-10-23)19-34-35-29(36)20-39-26-15-11-24(12-16-26)32(5,6)21-31(2,3)4/h8-19H,7,20-21H2,1-6H3,(H,35,36)/b34-19+. The van der Waals surface area contributed by atoms with Crippen molar-refractivity contribution in [1.29, 1.82) is 0 Å². The molecule has 0 fully saturated rings. The van der Waals surface area contributed by atoms with Gasteiger partial charge in [0.1, 0.15) is 5.75 Å². The lowest BCUT2D eigenvalue weighted by Crippen LogP contribution is -2.25. The molecule has 7 nitrogen and oxygen atoms in total. The first-order chi connectivity index (χ1) is 18.9. The van der Waals surface area contributed by atoms with Crippen LogP contribution in [0.2, 0.25) is 0 Å². The fourth-order valence-electron chi connectivity index (χ4n) is 4.49. The van der Waals surface area contributed by atoms with Crippen molar-refractivity contribution in [2.45, 2.75) is 53.4 Å². The quantitative estimate of drug-likeness (QED) is 0.107. The van der Waals surface area contributed by atoms with Gasteiger partial charge in [0.05, 0.1) is 18.4 Å². The molecule has 0 heterocycles. The van der Waals surface area contributed by atoms with Gasteiger partial charge in [-0.1, -0.05) is 62.7 Å². The number of benzene rings is 3. The Balaban J connectivity index is 1.54. The number of hydrazone groups is 1. The number of halogens is 1. The maximum atomic E-state index is 12.5. The normalized spacial score (nSPS) is 11.8. The van der Waals surface area contributed by atoms with Crippen molar-refractivity contribution >= 4 is 34.0 Å². The van der Waals surface area contributed by atoms with E-state index in [1.807, 2.05) is 31.2 Å². The summed E-state index contributed by atoms with van der Waals surface area (Å²) in [4.78, 5) is 24.8. The van der Waals surface area contributed by atoms with Gasteiger partial charge < -0.3 is 14.2 Å². The van der Waals surface area contributed by atoms with E-state index in [2.05, 4.69) is 61.1 Å². The highest BCUT2D eigenvalue weighted by Gasteiger charge is 2.27. The molecular weight excluding hydrogens is 572 g/mol. The predicted molar refractivity (Wildman–Crippen MR) is 161 cm³/mol. The SMILES string of the molecule is CCOc1cc(/C=N/NC(=O)COc2ccc(C(C)(C)CC(C)(C)C)cc2)ccc1OC(=O)c1ccc(Br)cc1. The summed E-state index contributed by atoms with van der Waals surface area (Å²) in [6, 6.07) is 19.8. The fourth-order valence-corrected chi connectivity index (χ4v) is 4.76. The minimum Gasteiger partial charge on any atom is -0.490 e. The number of hydrogen-bond acceptors (Lipinski definition) is 6. The van der Waals surface area contributed by atoms with E-state index in [1.165, 1.54) is 11.8 Å². The van der Waals surface area contributed by atoms with Crippen LogP contribution in [0.5, 0.6) is 17.2 Å². The molecule has 0 spiro atoms. The summed E-state index contributed by atoms with van der Waals surface area (Å²) in [6.07, 6.45) is 2.53. The molecule has 0 aromatic heterocycles. The highest BCUT2D eigenvalue weighted by Crippen LogP contribution is 2.36. The Morgan fingerprint density at radius 3 is 2.20 bits per heavy atom. The average molecular weight is 610 g/mol. The zero-order chi connectivity index (χ0) is 29.3. The van der Waals surface area contributed by atoms with Gasteiger partial charge in [0.25, 0.3) is 5.91 Å². The number of amides is 1. The zero-order valence-corrected chi connectivity index (χ0v) is 25.5. The summed E-state index contributed by atoms with van der Waals surface area (Å²) in [5.41, 5.74) is 5.01. The maximum Gasteiger partial charge on any atom is 0.343 e. The van der Waals surface area contributed by atoms with Crippen molar-refractivity contribution in [3.05, 3.63) is 87.9 Å². The number of nitrogens with one attached hydrogen (secondary N) is 1. The first-order valence-corrected chi connectivity index (χ1v) is 14.0. The van der Waals surface area contributed by atoms with Gasteiger partial charge in [-0.25, -0.2) is 10.2 Å². The summed E-state index contributed by atoms with van der Waals surface area (Å²) in [5.74, 6) is 0.408. The first-order valence-electron chi connectivity index (χ1n) is 13.2. The number of carbonyl (C=O) groups excluding carboxylic acids is 2. The topological polar surface area (TPSA) is 86.2 Å². The molecule has 0 bridgehead atoms. The smallest absolute Gasteiger partial charge is 0.343 e. The Morgan fingerprint density at radius 1 is 0.900 bits per heavy atom. The molecule has 3 rings (SSSR count). The van der Waals surface area contributed by atoms with E-state index < -0.39 is 11.9 Å². The first kappa shape index (κ1) is 30.9. The van der Waals surface area contributed by atoms with E-state index in [1.54, 1.807) is 42.5 Å². The third kappa shape index (κ3) is 9.52. The van der Waals surface area contributed by atoms with Crippen molar-refractivity contribution in [1.82, 2.24) is 5.43 Å². The van der Waals surface area contributed by atoms with Gasteiger partial charge in [0.2, 0.25) is 0 Å². The molecule has 0 unspecified atom stereocenters. The van der Waals surface area contributed by atoms with Crippen LogP contribution < -0.4 is 19.6 Å². The molecule has 0 saturated heterocycles. The molecule has 0 radical (unpaired) electrons. The predicted octanol–water partition coefficient (Wildman–Crippen LogP) is 7.31. The molecule has 0 saturated carbocycles. The second kappa shape index (κ2) is 13.6. The summed E-state index contributed by atoms with van der Waals surface area (Å²) in [6.45, 7) is 13.2. The molecule has 1 N–H and O–H groups in total. The number of ether oxygens (including phenoxy) is 3. The van der Waals surface area contributed by atoms with Gasteiger partial charge in [-0.05, 0) is 89.9 Å². The molecule has 3 aromatic carbocycles. The number of hydrogen-bond donors (Lipinski definition) is 1. The average Bonchev–Trinajstić information content (AvgIpc) is 2.88. The lowest BCUT2D eigenvalue weighted by atomic mass is 9.72. The van der Waals surface area contributed by atoms with Crippen LogP contribution in [0.3, 0.4) is 0 Å². The van der Waals surface area contributed by atoms with Crippen molar-refractivity contribution < 1.29 is 23.8 Å². The number of rotatable bonds is 11. The van der Waals surface area contributed by atoms with E-state index in [0.717, 1.165) is 10.9 Å². The van der Waals surface area contributed by atoms with E-state index in [9.17, 15) is 9.59 Å². The van der Waals surface area contributed by atoms with Gasteiger partial charge in [-0.2, -0.15) is 5.10 Å². The minimum absolute atomic E-state index is 0.0320. The largest absolute Gasteiger partial charge is 0.490 e. The van der Waals surface area contributed by atoms with Gasteiger partial charge >= 0.3 is 5.97 Å². The molecule has 3 aromatic rings. The Bertz CT molecular complexity index is 1330. The summed E-state index contributed by atoms with van der Waals surface area (Å²) < 4.78 is 17.7. The van der Waals surface area contributed by atoms with Crippen LogP contribution in [0.4, 0.5) is 0 Å². The van der Waals surface area contributed by atoms with Crippen LogP contribution in [0.25, 0.3) is 0 Å². The molecule has 0 aliphatic carbocycles. The zero-order valence-electron chi connectivity index (χ0n) is 23.9. The van der Waals surface area contributed by atoms with Crippen molar-refractivity contribution in [3.63, 3.8) is 0 Å². The van der Waals surface area contributed by atoms with Crippen molar-refractivity contribution in [2.75, 3.05) is 13.2 Å². The second-order valence-corrected chi connectivity index (χ2v) is 12.2. The lowest BCUT2D eigenvalue weighted by Gasteiger charge is -2.33. The number of esters is 1. The van der Waals surface area contributed by atoms with E-state index in [4.69, 9.17) is 14.2 Å². The van der Waals surface area contributed by atoms with E-state index >= 15 is 0 Å². The maximum absolute atomic E-state index is 12.5. The highest BCUT2D eigenvalue weighted by molar-refractivity contribution is 9.10. The Labute approximate surface area is 245 Å². The van der Waals surface area contributed by atoms with E-state index in [-0.39, 0.29) is 23.2 Å². The summed E-state index contributed by atoms with van der Waals surface area (Å²) in [5, 5.41) is 4.01. The summed E-state index contributed by atoms with van der Waals surface area (Å²) in [7, 11) is 0. The fraction of sp³-hybridized carbons (Fsp3) is 0.344. The minimum atomic E-state index is -0.495. The van der Waals surface area contributed by atoms with E-state index in [0.29, 0.717) is 29.2 Å². The van der Waals surface area contributed by atoms with Crippen LogP contribution >= 0.6 is 15.9 Å². The van der Waals surface area contributed by atoms with Gasteiger partial charge in [0, 0.05) is 4.47 Å². The molecule has 0 atom stereocenters. The van der Waals surface area contributed by atoms with Crippen LogP contribution in [-0.2, 0) is 10.2 Å². The Kier molecular flexibility index (Phi) is 10.5. The van der Waals surface area contributed by atoms with Crippen molar-refractivity contribution in [2.24, 2.45) is 10.5 Å². The molecule has 1 amide bonds. The monoisotopic (exact) mass is 608 g/mol. The third-order valence-corrected chi connectivity index (χ3v) is 6.46. The van der Waals surface area contributed by atoms with Crippen LogP contribution in [0.15, 0.2) is 76.3 Å². The second-order valence-electron chi connectivity index (χ2n) is 11.3. The molecular formula is C32H37BrN2O5.